The Morgan fingerprint density at radius 1 is 1.53 bits per heavy atom. The summed E-state index contributed by atoms with van der Waals surface area (Å²) in [6, 6.07) is 1.03. The SMILES string of the molecule is NS(=O)(=O)c1nccc(F)c1OC1CC1. The smallest absolute Gasteiger partial charge is 0.259 e. The zero-order valence-electron chi connectivity index (χ0n) is 7.68. The van der Waals surface area contributed by atoms with Crippen molar-refractivity contribution in [3.05, 3.63) is 18.1 Å². The Hall–Kier alpha value is -1.21. The maximum absolute atomic E-state index is 13.3. The second-order valence-corrected chi connectivity index (χ2v) is 4.77. The Morgan fingerprint density at radius 2 is 2.20 bits per heavy atom. The van der Waals surface area contributed by atoms with E-state index in [0.717, 1.165) is 25.1 Å². The van der Waals surface area contributed by atoms with Crippen LogP contribution in [0.1, 0.15) is 12.8 Å². The Morgan fingerprint density at radius 3 is 2.73 bits per heavy atom. The number of pyridine rings is 1. The summed E-state index contributed by atoms with van der Waals surface area (Å²) in [4.78, 5) is 3.51. The van der Waals surface area contributed by atoms with Gasteiger partial charge in [-0.3, -0.25) is 0 Å². The molecule has 7 heteroatoms. The number of aromatic nitrogens is 1. The molecule has 2 rings (SSSR count). The number of nitrogens with zero attached hydrogens (tertiary/aromatic N) is 1. The summed E-state index contributed by atoms with van der Waals surface area (Å²) in [5.41, 5.74) is 0. The first-order valence-corrected chi connectivity index (χ1v) is 5.87. The molecule has 1 heterocycles. The molecule has 1 aliphatic rings. The van der Waals surface area contributed by atoms with Crippen LogP contribution in [0.25, 0.3) is 0 Å². The molecule has 0 saturated heterocycles. The summed E-state index contributed by atoms with van der Waals surface area (Å²) in [5.74, 6) is -1.14. The molecule has 0 unspecified atom stereocenters. The highest BCUT2D eigenvalue weighted by Gasteiger charge is 2.29. The molecule has 0 amide bonds. The molecule has 82 valence electrons. The molecule has 0 atom stereocenters. The number of nitrogens with two attached hydrogens (primary N) is 1. The average Bonchev–Trinajstić information content (AvgIpc) is 2.90. The maximum atomic E-state index is 13.3. The molecule has 15 heavy (non-hydrogen) atoms. The van der Waals surface area contributed by atoms with E-state index in [-0.39, 0.29) is 11.9 Å². The number of ether oxygens (including phenoxy) is 1. The lowest BCUT2D eigenvalue weighted by molar-refractivity contribution is 0.276. The van der Waals surface area contributed by atoms with Gasteiger partial charge in [0.2, 0.25) is 5.03 Å². The van der Waals surface area contributed by atoms with Crippen molar-refractivity contribution in [2.24, 2.45) is 5.14 Å². The second kappa shape index (κ2) is 3.42. The molecule has 0 spiro atoms. The lowest BCUT2D eigenvalue weighted by Gasteiger charge is -2.08. The highest BCUT2D eigenvalue weighted by Crippen LogP contribution is 2.31. The molecule has 1 aromatic heterocycles. The fourth-order valence-corrected chi connectivity index (χ4v) is 1.68. The summed E-state index contributed by atoms with van der Waals surface area (Å²) >= 11 is 0. The van der Waals surface area contributed by atoms with E-state index in [0.29, 0.717) is 0 Å². The van der Waals surface area contributed by atoms with Gasteiger partial charge in [0.25, 0.3) is 10.0 Å². The summed E-state index contributed by atoms with van der Waals surface area (Å²) < 4.78 is 40.6. The Balaban J connectivity index is 2.47. The van der Waals surface area contributed by atoms with E-state index in [1.165, 1.54) is 0 Å². The van der Waals surface area contributed by atoms with Crippen molar-refractivity contribution >= 4 is 10.0 Å². The van der Waals surface area contributed by atoms with Gasteiger partial charge in [-0.2, -0.15) is 0 Å². The predicted octanol–water partition coefficient (Wildman–Crippen LogP) is 0.409. The minimum Gasteiger partial charge on any atom is -0.484 e. The molecule has 1 aliphatic carbocycles. The highest BCUT2D eigenvalue weighted by atomic mass is 32.2. The lowest BCUT2D eigenvalue weighted by atomic mass is 10.4. The van der Waals surface area contributed by atoms with Crippen molar-refractivity contribution in [3.63, 3.8) is 0 Å². The van der Waals surface area contributed by atoms with Crippen molar-refractivity contribution in [1.82, 2.24) is 4.98 Å². The standard InChI is InChI=1S/C8H9FN2O3S/c9-6-3-4-11-8(15(10,12)13)7(6)14-5-1-2-5/h3-5H,1-2H2,(H2,10,12,13). The number of halogens is 1. The van der Waals surface area contributed by atoms with Crippen molar-refractivity contribution in [2.45, 2.75) is 24.0 Å². The van der Waals surface area contributed by atoms with Crippen LogP contribution in [0.3, 0.4) is 0 Å². The summed E-state index contributed by atoms with van der Waals surface area (Å²) in [6.07, 6.45) is 2.50. The first-order chi connectivity index (χ1) is 6.98. The van der Waals surface area contributed by atoms with Crippen molar-refractivity contribution in [1.29, 1.82) is 0 Å². The van der Waals surface area contributed by atoms with E-state index < -0.39 is 20.9 Å². The number of rotatable bonds is 3. The number of hydrogen-bond donors (Lipinski definition) is 1. The van der Waals surface area contributed by atoms with Crippen LogP contribution in [0, 0.1) is 5.82 Å². The summed E-state index contributed by atoms with van der Waals surface area (Å²) in [7, 11) is -4.05. The number of hydrogen-bond acceptors (Lipinski definition) is 4. The highest BCUT2D eigenvalue weighted by molar-refractivity contribution is 7.89. The number of sulfonamides is 1. The third kappa shape index (κ3) is 2.24. The molecular formula is C8H9FN2O3S. The van der Waals surface area contributed by atoms with Crippen LogP contribution < -0.4 is 9.88 Å². The second-order valence-electron chi connectivity index (χ2n) is 3.29. The quantitative estimate of drug-likeness (QED) is 0.818. The molecule has 1 fully saturated rings. The summed E-state index contributed by atoms with van der Waals surface area (Å²) in [6.45, 7) is 0. The minimum absolute atomic E-state index is 0.121. The van der Waals surface area contributed by atoms with Crippen LogP contribution in [0.2, 0.25) is 0 Å². The van der Waals surface area contributed by atoms with E-state index in [2.05, 4.69) is 4.98 Å². The third-order valence-corrected chi connectivity index (χ3v) is 2.73. The zero-order valence-corrected chi connectivity index (χ0v) is 8.50. The van der Waals surface area contributed by atoms with E-state index >= 15 is 0 Å². The normalized spacial score (nSPS) is 16.4. The molecule has 5 nitrogen and oxygen atoms in total. The maximum Gasteiger partial charge on any atom is 0.259 e. The fourth-order valence-electron chi connectivity index (χ4n) is 1.07. The summed E-state index contributed by atoms with van der Waals surface area (Å²) in [5, 5.41) is 4.34. The van der Waals surface area contributed by atoms with Crippen LogP contribution in [0.15, 0.2) is 17.3 Å². The average molecular weight is 232 g/mol. The van der Waals surface area contributed by atoms with Gasteiger partial charge in [-0.15, -0.1) is 0 Å². The van der Waals surface area contributed by atoms with Gasteiger partial charge in [-0.1, -0.05) is 0 Å². The predicted molar refractivity (Wildman–Crippen MR) is 49.2 cm³/mol. The van der Waals surface area contributed by atoms with Gasteiger partial charge in [-0.05, 0) is 18.9 Å². The van der Waals surface area contributed by atoms with Gasteiger partial charge in [0.1, 0.15) is 0 Å². The van der Waals surface area contributed by atoms with Crippen LogP contribution in [0.5, 0.6) is 5.75 Å². The largest absolute Gasteiger partial charge is 0.484 e. The van der Waals surface area contributed by atoms with Crippen LogP contribution in [-0.2, 0) is 10.0 Å². The van der Waals surface area contributed by atoms with Gasteiger partial charge < -0.3 is 4.74 Å². The molecule has 0 aromatic carbocycles. The van der Waals surface area contributed by atoms with Crippen LogP contribution in [-0.4, -0.2) is 19.5 Å². The monoisotopic (exact) mass is 232 g/mol. The van der Waals surface area contributed by atoms with Gasteiger partial charge in [0.05, 0.1) is 6.10 Å². The molecule has 0 aliphatic heterocycles. The Labute approximate surface area is 86.1 Å². The Bertz CT molecular complexity index is 485. The molecule has 2 N–H and O–H groups in total. The van der Waals surface area contributed by atoms with Crippen molar-refractivity contribution in [3.8, 4) is 5.75 Å². The van der Waals surface area contributed by atoms with Crippen molar-refractivity contribution < 1.29 is 17.5 Å². The van der Waals surface area contributed by atoms with Gasteiger partial charge in [-0.25, -0.2) is 22.9 Å². The topological polar surface area (TPSA) is 82.3 Å². The third-order valence-electron chi connectivity index (χ3n) is 1.90. The van der Waals surface area contributed by atoms with Crippen LogP contribution >= 0.6 is 0 Å². The first kappa shape index (κ1) is 10.3. The van der Waals surface area contributed by atoms with Gasteiger partial charge >= 0.3 is 0 Å². The van der Waals surface area contributed by atoms with Gasteiger partial charge in [0.15, 0.2) is 11.6 Å². The van der Waals surface area contributed by atoms with E-state index in [1.54, 1.807) is 0 Å². The fraction of sp³-hybridized carbons (Fsp3) is 0.375. The molecule has 0 radical (unpaired) electrons. The van der Waals surface area contributed by atoms with Crippen molar-refractivity contribution in [2.75, 3.05) is 0 Å². The molecule has 1 saturated carbocycles. The molecular weight excluding hydrogens is 223 g/mol. The molecule has 0 bridgehead atoms. The zero-order chi connectivity index (χ0) is 11.1. The van der Waals surface area contributed by atoms with Gasteiger partial charge in [0, 0.05) is 6.20 Å². The van der Waals surface area contributed by atoms with E-state index in [4.69, 9.17) is 9.88 Å². The van der Waals surface area contributed by atoms with Crippen LogP contribution in [0.4, 0.5) is 4.39 Å². The first-order valence-electron chi connectivity index (χ1n) is 4.32. The Kier molecular flexibility index (Phi) is 2.35. The molecule has 1 aromatic rings. The lowest BCUT2D eigenvalue weighted by Crippen LogP contribution is -2.17. The minimum atomic E-state index is -4.05. The van der Waals surface area contributed by atoms with E-state index in [1.807, 2.05) is 0 Å². The van der Waals surface area contributed by atoms with E-state index in [9.17, 15) is 12.8 Å². The number of primary sulfonamides is 1.